The number of hydrogen-bond acceptors (Lipinski definition) is 3. The van der Waals surface area contributed by atoms with E-state index in [1.54, 1.807) is 31.4 Å². The average molecular weight is 283 g/mol. The van der Waals surface area contributed by atoms with Crippen molar-refractivity contribution in [3.05, 3.63) is 59.7 Å². The zero-order valence-corrected chi connectivity index (χ0v) is 12.1. The summed E-state index contributed by atoms with van der Waals surface area (Å²) in [6, 6.07) is 14.4. The van der Waals surface area contributed by atoms with Crippen molar-refractivity contribution in [1.82, 2.24) is 0 Å². The second-order valence-corrected chi connectivity index (χ2v) is 4.68. The Kier molecular flexibility index (Phi) is 4.72. The van der Waals surface area contributed by atoms with Gasteiger partial charge >= 0.3 is 0 Å². The van der Waals surface area contributed by atoms with Crippen LogP contribution in [0.1, 0.15) is 22.8 Å². The van der Waals surface area contributed by atoms with Gasteiger partial charge in [-0.05, 0) is 29.8 Å². The molecule has 0 unspecified atom stereocenters. The van der Waals surface area contributed by atoms with Crippen LogP contribution in [0.3, 0.4) is 0 Å². The van der Waals surface area contributed by atoms with E-state index in [0.717, 1.165) is 11.3 Å². The van der Waals surface area contributed by atoms with E-state index in [0.29, 0.717) is 17.7 Å². The SMILES string of the molecule is COc1ccccc1C(=O)Cc1ccc(NC(C)=O)cc1. The summed E-state index contributed by atoms with van der Waals surface area (Å²) < 4.78 is 5.20. The van der Waals surface area contributed by atoms with Gasteiger partial charge in [-0.3, -0.25) is 9.59 Å². The molecular weight excluding hydrogens is 266 g/mol. The summed E-state index contributed by atoms with van der Waals surface area (Å²) in [5.74, 6) is 0.463. The molecule has 0 aromatic heterocycles. The van der Waals surface area contributed by atoms with E-state index in [1.807, 2.05) is 24.3 Å². The van der Waals surface area contributed by atoms with E-state index in [4.69, 9.17) is 4.74 Å². The largest absolute Gasteiger partial charge is 0.496 e. The quantitative estimate of drug-likeness (QED) is 0.858. The van der Waals surface area contributed by atoms with E-state index in [9.17, 15) is 9.59 Å². The Hall–Kier alpha value is -2.62. The Bertz CT molecular complexity index is 647. The van der Waals surface area contributed by atoms with Gasteiger partial charge in [0.2, 0.25) is 5.91 Å². The van der Waals surface area contributed by atoms with Crippen molar-refractivity contribution in [1.29, 1.82) is 0 Å². The number of methoxy groups -OCH3 is 1. The molecular formula is C17H17NO3. The number of carbonyl (C=O) groups excluding carboxylic acids is 2. The summed E-state index contributed by atoms with van der Waals surface area (Å²) in [5.41, 5.74) is 2.18. The van der Waals surface area contributed by atoms with Gasteiger partial charge in [0.15, 0.2) is 5.78 Å². The number of para-hydroxylation sites is 1. The highest BCUT2D eigenvalue weighted by Gasteiger charge is 2.12. The van der Waals surface area contributed by atoms with E-state index in [-0.39, 0.29) is 11.7 Å². The van der Waals surface area contributed by atoms with Crippen LogP contribution in [0.5, 0.6) is 5.75 Å². The van der Waals surface area contributed by atoms with E-state index < -0.39 is 0 Å². The van der Waals surface area contributed by atoms with Crippen molar-refractivity contribution >= 4 is 17.4 Å². The molecule has 0 heterocycles. The van der Waals surface area contributed by atoms with Crippen LogP contribution < -0.4 is 10.1 Å². The highest BCUT2D eigenvalue weighted by atomic mass is 16.5. The van der Waals surface area contributed by atoms with Gasteiger partial charge in [-0.25, -0.2) is 0 Å². The van der Waals surface area contributed by atoms with Crippen LogP contribution in [0.2, 0.25) is 0 Å². The first-order valence-corrected chi connectivity index (χ1v) is 6.63. The lowest BCUT2D eigenvalue weighted by Crippen LogP contribution is -2.07. The lowest BCUT2D eigenvalue weighted by Gasteiger charge is -2.08. The Morgan fingerprint density at radius 3 is 2.33 bits per heavy atom. The molecule has 1 N–H and O–H groups in total. The van der Waals surface area contributed by atoms with Gasteiger partial charge < -0.3 is 10.1 Å². The number of ketones is 1. The van der Waals surface area contributed by atoms with Crippen LogP contribution in [0, 0.1) is 0 Å². The predicted molar refractivity (Wildman–Crippen MR) is 81.8 cm³/mol. The number of amides is 1. The standard InChI is InChI=1S/C17H17NO3/c1-12(19)18-14-9-7-13(8-10-14)11-16(20)15-5-3-4-6-17(15)21-2/h3-10H,11H2,1-2H3,(H,18,19). The van der Waals surface area contributed by atoms with E-state index in [1.165, 1.54) is 6.92 Å². The third-order valence-corrected chi connectivity index (χ3v) is 3.05. The molecule has 0 bridgehead atoms. The number of benzene rings is 2. The van der Waals surface area contributed by atoms with E-state index >= 15 is 0 Å². The topological polar surface area (TPSA) is 55.4 Å². The maximum absolute atomic E-state index is 12.3. The normalized spacial score (nSPS) is 10.0. The molecule has 0 saturated heterocycles. The van der Waals surface area contributed by atoms with Crippen LogP contribution in [-0.2, 0) is 11.2 Å². The van der Waals surface area contributed by atoms with Crippen LogP contribution >= 0.6 is 0 Å². The van der Waals surface area contributed by atoms with Gasteiger partial charge in [0.1, 0.15) is 5.75 Å². The number of rotatable bonds is 5. The van der Waals surface area contributed by atoms with Gasteiger partial charge in [0.25, 0.3) is 0 Å². The minimum absolute atomic E-state index is 0.000253. The first-order chi connectivity index (χ1) is 10.1. The third kappa shape index (κ3) is 3.92. The Morgan fingerprint density at radius 2 is 1.71 bits per heavy atom. The second kappa shape index (κ2) is 6.70. The highest BCUT2D eigenvalue weighted by Crippen LogP contribution is 2.20. The Balaban J connectivity index is 2.10. The lowest BCUT2D eigenvalue weighted by atomic mass is 10.0. The minimum atomic E-state index is -0.118. The number of Topliss-reactive ketones (excluding diaryl/α,β-unsaturated/α-hetero) is 1. The van der Waals surface area contributed by atoms with Crippen molar-refractivity contribution in [2.45, 2.75) is 13.3 Å². The fraction of sp³-hybridized carbons (Fsp3) is 0.176. The van der Waals surface area contributed by atoms with Crippen LogP contribution in [0.25, 0.3) is 0 Å². The second-order valence-electron chi connectivity index (χ2n) is 4.68. The molecule has 0 atom stereocenters. The Labute approximate surface area is 123 Å². The number of carbonyl (C=O) groups is 2. The average Bonchev–Trinajstić information content (AvgIpc) is 2.48. The number of nitrogens with one attached hydrogen (secondary N) is 1. The van der Waals surface area contributed by atoms with Crippen molar-refractivity contribution in [3.63, 3.8) is 0 Å². The molecule has 1 amide bonds. The molecule has 0 aliphatic carbocycles. The van der Waals surface area contributed by atoms with Crippen LogP contribution in [0.15, 0.2) is 48.5 Å². The van der Waals surface area contributed by atoms with E-state index in [2.05, 4.69) is 5.32 Å². The molecule has 4 nitrogen and oxygen atoms in total. The maximum atomic E-state index is 12.3. The summed E-state index contributed by atoms with van der Waals surface area (Å²) in [5, 5.41) is 2.69. The van der Waals surface area contributed by atoms with Gasteiger partial charge in [0.05, 0.1) is 12.7 Å². The first-order valence-electron chi connectivity index (χ1n) is 6.63. The molecule has 2 rings (SSSR count). The molecule has 0 saturated carbocycles. The molecule has 0 spiro atoms. The summed E-state index contributed by atoms with van der Waals surface area (Å²) >= 11 is 0. The molecule has 0 aliphatic rings. The predicted octanol–water partition coefficient (Wildman–Crippen LogP) is 3.08. The molecule has 2 aromatic rings. The van der Waals surface area contributed by atoms with Crippen molar-refractivity contribution < 1.29 is 14.3 Å². The lowest BCUT2D eigenvalue weighted by molar-refractivity contribution is -0.114. The van der Waals surface area contributed by atoms with Crippen molar-refractivity contribution in [2.75, 3.05) is 12.4 Å². The fourth-order valence-electron chi connectivity index (χ4n) is 2.06. The monoisotopic (exact) mass is 283 g/mol. The smallest absolute Gasteiger partial charge is 0.221 e. The van der Waals surface area contributed by atoms with Gasteiger partial charge in [-0.2, -0.15) is 0 Å². The summed E-state index contributed by atoms with van der Waals surface area (Å²) in [4.78, 5) is 23.3. The zero-order chi connectivity index (χ0) is 15.2. The summed E-state index contributed by atoms with van der Waals surface area (Å²) in [7, 11) is 1.55. The molecule has 4 heteroatoms. The van der Waals surface area contributed by atoms with Gasteiger partial charge in [0, 0.05) is 19.0 Å². The Morgan fingerprint density at radius 1 is 1.05 bits per heavy atom. The third-order valence-electron chi connectivity index (χ3n) is 3.05. The molecule has 108 valence electrons. The van der Waals surface area contributed by atoms with Crippen molar-refractivity contribution in [3.8, 4) is 5.75 Å². The maximum Gasteiger partial charge on any atom is 0.221 e. The highest BCUT2D eigenvalue weighted by molar-refractivity contribution is 6.00. The molecule has 0 aliphatic heterocycles. The first kappa shape index (κ1) is 14.8. The minimum Gasteiger partial charge on any atom is -0.496 e. The number of hydrogen-bond donors (Lipinski definition) is 1. The fourth-order valence-corrected chi connectivity index (χ4v) is 2.06. The zero-order valence-electron chi connectivity index (χ0n) is 12.1. The molecule has 0 radical (unpaired) electrons. The summed E-state index contributed by atoms with van der Waals surface area (Å²) in [6.45, 7) is 1.46. The summed E-state index contributed by atoms with van der Waals surface area (Å²) in [6.07, 6.45) is 0.292. The molecule has 21 heavy (non-hydrogen) atoms. The van der Waals surface area contributed by atoms with Gasteiger partial charge in [-0.15, -0.1) is 0 Å². The number of ether oxygens (including phenoxy) is 1. The van der Waals surface area contributed by atoms with Crippen molar-refractivity contribution in [2.24, 2.45) is 0 Å². The van der Waals surface area contributed by atoms with Crippen LogP contribution in [0.4, 0.5) is 5.69 Å². The molecule has 2 aromatic carbocycles. The molecule has 0 fully saturated rings. The van der Waals surface area contributed by atoms with Crippen LogP contribution in [-0.4, -0.2) is 18.8 Å². The van der Waals surface area contributed by atoms with Gasteiger partial charge in [-0.1, -0.05) is 24.3 Å². The number of anilines is 1.